The second-order valence-corrected chi connectivity index (χ2v) is 5.06. The van der Waals surface area contributed by atoms with Crippen molar-refractivity contribution in [2.45, 2.75) is 13.8 Å². The SMILES string of the molecule is Cc1cccc(C(=O)NCC(=O)Nc2ccc(F)cc2C)c1. The summed E-state index contributed by atoms with van der Waals surface area (Å²) in [7, 11) is 0. The Morgan fingerprint density at radius 1 is 1.09 bits per heavy atom. The summed E-state index contributed by atoms with van der Waals surface area (Å²) < 4.78 is 13.0. The summed E-state index contributed by atoms with van der Waals surface area (Å²) in [6.07, 6.45) is 0. The summed E-state index contributed by atoms with van der Waals surface area (Å²) in [6, 6.07) is 11.2. The van der Waals surface area contributed by atoms with E-state index in [1.54, 1.807) is 25.1 Å². The van der Waals surface area contributed by atoms with E-state index in [4.69, 9.17) is 0 Å². The van der Waals surface area contributed by atoms with E-state index < -0.39 is 0 Å². The second kappa shape index (κ2) is 6.85. The normalized spacial score (nSPS) is 10.1. The molecule has 0 bridgehead atoms. The lowest BCUT2D eigenvalue weighted by molar-refractivity contribution is -0.115. The van der Waals surface area contributed by atoms with Gasteiger partial charge in [0.25, 0.3) is 5.91 Å². The smallest absolute Gasteiger partial charge is 0.251 e. The minimum absolute atomic E-state index is 0.149. The lowest BCUT2D eigenvalue weighted by atomic mass is 10.1. The minimum Gasteiger partial charge on any atom is -0.343 e. The Bertz CT molecular complexity index is 714. The van der Waals surface area contributed by atoms with Crippen molar-refractivity contribution >= 4 is 17.5 Å². The zero-order valence-corrected chi connectivity index (χ0v) is 12.4. The molecule has 0 aliphatic rings. The van der Waals surface area contributed by atoms with Crippen molar-refractivity contribution in [3.05, 3.63) is 65.0 Å². The fraction of sp³-hybridized carbons (Fsp3) is 0.176. The highest BCUT2D eigenvalue weighted by Crippen LogP contribution is 2.15. The van der Waals surface area contributed by atoms with Gasteiger partial charge in [-0.05, 0) is 49.7 Å². The predicted octanol–water partition coefficient (Wildman–Crippen LogP) is 2.81. The molecular weight excluding hydrogens is 283 g/mol. The highest BCUT2D eigenvalue weighted by molar-refractivity contribution is 5.99. The van der Waals surface area contributed by atoms with Gasteiger partial charge >= 0.3 is 0 Å². The van der Waals surface area contributed by atoms with Crippen molar-refractivity contribution in [1.29, 1.82) is 0 Å². The number of rotatable bonds is 4. The zero-order valence-electron chi connectivity index (χ0n) is 12.4. The van der Waals surface area contributed by atoms with Crippen LogP contribution in [0.15, 0.2) is 42.5 Å². The summed E-state index contributed by atoms with van der Waals surface area (Å²) in [5.74, 6) is -1.03. The lowest BCUT2D eigenvalue weighted by Crippen LogP contribution is -2.33. The van der Waals surface area contributed by atoms with E-state index in [1.165, 1.54) is 18.2 Å². The summed E-state index contributed by atoms with van der Waals surface area (Å²) in [6.45, 7) is 3.44. The number of halogens is 1. The molecule has 5 heteroatoms. The third-order valence-corrected chi connectivity index (χ3v) is 3.15. The lowest BCUT2D eigenvalue weighted by Gasteiger charge is -2.09. The molecule has 2 aromatic carbocycles. The summed E-state index contributed by atoms with van der Waals surface area (Å²) in [4.78, 5) is 23.8. The fourth-order valence-electron chi connectivity index (χ4n) is 2.01. The van der Waals surface area contributed by atoms with Crippen molar-refractivity contribution in [3.63, 3.8) is 0 Å². The van der Waals surface area contributed by atoms with Crippen molar-refractivity contribution in [1.82, 2.24) is 5.32 Å². The average Bonchev–Trinajstić information content (AvgIpc) is 2.47. The highest BCUT2D eigenvalue weighted by Gasteiger charge is 2.09. The highest BCUT2D eigenvalue weighted by atomic mass is 19.1. The first-order valence-corrected chi connectivity index (χ1v) is 6.86. The average molecular weight is 300 g/mol. The van der Waals surface area contributed by atoms with Crippen LogP contribution in [0.2, 0.25) is 0 Å². The Balaban J connectivity index is 1.91. The Hall–Kier alpha value is -2.69. The molecular formula is C17H17FN2O2. The van der Waals surface area contributed by atoms with Crippen LogP contribution in [0.25, 0.3) is 0 Å². The number of benzene rings is 2. The summed E-state index contributed by atoms with van der Waals surface area (Å²) in [5, 5.41) is 5.19. The number of nitrogens with one attached hydrogen (secondary N) is 2. The quantitative estimate of drug-likeness (QED) is 0.912. The Kier molecular flexibility index (Phi) is 4.88. The third kappa shape index (κ3) is 4.15. The maximum atomic E-state index is 13.0. The first-order chi connectivity index (χ1) is 10.5. The van der Waals surface area contributed by atoms with E-state index in [-0.39, 0.29) is 24.2 Å². The molecule has 0 heterocycles. The molecule has 2 amide bonds. The van der Waals surface area contributed by atoms with Gasteiger partial charge in [-0.1, -0.05) is 17.7 Å². The van der Waals surface area contributed by atoms with Crippen LogP contribution in [0.4, 0.5) is 10.1 Å². The molecule has 0 unspecified atom stereocenters. The molecule has 0 fully saturated rings. The molecule has 0 aromatic heterocycles. The van der Waals surface area contributed by atoms with Crippen molar-refractivity contribution in [2.24, 2.45) is 0 Å². The van der Waals surface area contributed by atoms with Crippen LogP contribution < -0.4 is 10.6 Å². The Morgan fingerprint density at radius 3 is 2.55 bits per heavy atom. The third-order valence-electron chi connectivity index (χ3n) is 3.15. The van der Waals surface area contributed by atoms with Crippen LogP contribution in [-0.4, -0.2) is 18.4 Å². The van der Waals surface area contributed by atoms with Crippen molar-refractivity contribution in [3.8, 4) is 0 Å². The number of aryl methyl sites for hydroxylation is 2. The summed E-state index contributed by atoms with van der Waals surface area (Å²) in [5.41, 5.74) is 2.62. The largest absolute Gasteiger partial charge is 0.343 e. The first kappa shape index (κ1) is 15.7. The van der Waals surface area contributed by atoms with Gasteiger partial charge < -0.3 is 10.6 Å². The number of anilines is 1. The first-order valence-electron chi connectivity index (χ1n) is 6.86. The molecule has 0 saturated carbocycles. The fourth-order valence-corrected chi connectivity index (χ4v) is 2.01. The van der Waals surface area contributed by atoms with Crippen LogP contribution in [0.5, 0.6) is 0 Å². The maximum Gasteiger partial charge on any atom is 0.251 e. The molecule has 0 aliphatic carbocycles. The van der Waals surface area contributed by atoms with E-state index in [2.05, 4.69) is 10.6 Å². The Morgan fingerprint density at radius 2 is 1.86 bits per heavy atom. The van der Waals surface area contributed by atoms with E-state index in [9.17, 15) is 14.0 Å². The van der Waals surface area contributed by atoms with E-state index in [0.29, 0.717) is 16.8 Å². The minimum atomic E-state index is -0.365. The van der Waals surface area contributed by atoms with E-state index in [0.717, 1.165) is 5.56 Å². The number of carbonyl (C=O) groups is 2. The van der Waals surface area contributed by atoms with Gasteiger partial charge in [0, 0.05) is 11.3 Å². The topological polar surface area (TPSA) is 58.2 Å². The maximum absolute atomic E-state index is 13.0. The zero-order chi connectivity index (χ0) is 16.1. The molecule has 0 atom stereocenters. The number of hydrogen-bond donors (Lipinski definition) is 2. The van der Waals surface area contributed by atoms with Gasteiger partial charge in [0.15, 0.2) is 0 Å². The molecule has 4 nitrogen and oxygen atoms in total. The molecule has 0 radical (unpaired) electrons. The van der Waals surface area contributed by atoms with E-state index in [1.807, 2.05) is 13.0 Å². The van der Waals surface area contributed by atoms with Crippen molar-refractivity contribution < 1.29 is 14.0 Å². The molecule has 22 heavy (non-hydrogen) atoms. The van der Waals surface area contributed by atoms with Crippen LogP contribution in [0.1, 0.15) is 21.5 Å². The van der Waals surface area contributed by atoms with Gasteiger partial charge in [-0.15, -0.1) is 0 Å². The van der Waals surface area contributed by atoms with Crippen LogP contribution in [-0.2, 0) is 4.79 Å². The monoisotopic (exact) mass is 300 g/mol. The number of amides is 2. The van der Waals surface area contributed by atoms with Gasteiger partial charge in [0.05, 0.1) is 6.54 Å². The van der Waals surface area contributed by atoms with Crippen LogP contribution in [0.3, 0.4) is 0 Å². The predicted molar refractivity (Wildman–Crippen MR) is 83.3 cm³/mol. The van der Waals surface area contributed by atoms with Gasteiger partial charge in [-0.3, -0.25) is 9.59 Å². The molecule has 114 valence electrons. The Labute approximate surface area is 128 Å². The van der Waals surface area contributed by atoms with E-state index >= 15 is 0 Å². The molecule has 2 N–H and O–H groups in total. The van der Waals surface area contributed by atoms with Gasteiger partial charge in [-0.25, -0.2) is 4.39 Å². The van der Waals surface area contributed by atoms with Gasteiger partial charge in [0.2, 0.25) is 5.91 Å². The number of hydrogen-bond acceptors (Lipinski definition) is 2. The molecule has 0 saturated heterocycles. The summed E-state index contributed by atoms with van der Waals surface area (Å²) >= 11 is 0. The number of carbonyl (C=O) groups excluding carboxylic acids is 2. The second-order valence-electron chi connectivity index (χ2n) is 5.06. The van der Waals surface area contributed by atoms with Crippen molar-refractivity contribution in [2.75, 3.05) is 11.9 Å². The molecule has 0 spiro atoms. The molecule has 2 rings (SSSR count). The standard InChI is InChI=1S/C17H17FN2O2/c1-11-4-3-5-13(8-11)17(22)19-10-16(21)20-15-7-6-14(18)9-12(15)2/h3-9H,10H2,1-2H3,(H,19,22)(H,20,21). The van der Waals surface area contributed by atoms with Crippen LogP contribution in [0, 0.1) is 19.7 Å². The van der Waals surface area contributed by atoms with Crippen LogP contribution >= 0.6 is 0 Å². The van der Waals surface area contributed by atoms with Gasteiger partial charge in [0.1, 0.15) is 5.82 Å². The molecule has 2 aromatic rings. The molecule has 0 aliphatic heterocycles. The van der Waals surface area contributed by atoms with Gasteiger partial charge in [-0.2, -0.15) is 0 Å².